The fourth-order valence-corrected chi connectivity index (χ4v) is 2.25. The van der Waals surface area contributed by atoms with Gasteiger partial charge in [-0.2, -0.15) is 0 Å². The van der Waals surface area contributed by atoms with E-state index in [2.05, 4.69) is 5.32 Å². The van der Waals surface area contributed by atoms with Crippen molar-refractivity contribution in [3.8, 4) is 5.75 Å². The summed E-state index contributed by atoms with van der Waals surface area (Å²) >= 11 is 11.9. The molecule has 0 saturated heterocycles. The molecular weight excluding hydrogens is 325 g/mol. The number of anilines is 1. The molecule has 2 rings (SSSR count). The van der Waals surface area contributed by atoms with Gasteiger partial charge in [-0.05, 0) is 30.3 Å². The molecule has 22 heavy (non-hydrogen) atoms. The zero-order chi connectivity index (χ0) is 15.9. The van der Waals surface area contributed by atoms with Crippen molar-refractivity contribution < 1.29 is 14.3 Å². The number of benzene rings is 2. The molecule has 0 aromatic heterocycles. The van der Waals surface area contributed by atoms with Crippen molar-refractivity contribution in [3.63, 3.8) is 0 Å². The summed E-state index contributed by atoms with van der Waals surface area (Å²) in [4.78, 5) is 12.4. The third-order valence-electron chi connectivity index (χ3n) is 2.86. The van der Waals surface area contributed by atoms with Crippen molar-refractivity contribution in [3.05, 3.63) is 58.1 Å². The third-order valence-corrected chi connectivity index (χ3v) is 3.40. The largest absolute Gasteiger partial charge is 0.490 e. The summed E-state index contributed by atoms with van der Waals surface area (Å²) in [6.45, 7) is 0.807. The molecule has 4 nitrogen and oxygen atoms in total. The molecule has 0 aliphatic heterocycles. The van der Waals surface area contributed by atoms with Crippen LogP contribution in [0.4, 0.5) is 5.69 Å². The van der Waals surface area contributed by atoms with Gasteiger partial charge in [-0.1, -0.05) is 35.3 Å². The molecule has 0 radical (unpaired) electrons. The molecule has 0 atom stereocenters. The maximum Gasteiger partial charge on any atom is 0.259 e. The van der Waals surface area contributed by atoms with Gasteiger partial charge >= 0.3 is 0 Å². The number of carbonyl (C=O) groups is 1. The summed E-state index contributed by atoms with van der Waals surface area (Å²) < 4.78 is 10.5. The van der Waals surface area contributed by atoms with Gasteiger partial charge in [-0.25, -0.2) is 0 Å². The Labute approximate surface area is 138 Å². The lowest BCUT2D eigenvalue weighted by atomic mass is 10.2. The van der Waals surface area contributed by atoms with E-state index in [4.69, 9.17) is 32.7 Å². The van der Waals surface area contributed by atoms with Gasteiger partial charge in [0.25, 0.3) is 5.91 Å². The van der Waals surface area contributed by atoms with Crippen molar-refractivity contribution in [1.82, 2.24) is 0 Å². The average molecular weight is 340 g/mol. The summed E-state index contributed by atoms with van der Waals surface area (Å²) in [5, 5.41) is 3.62. The monoisotopic (exact) mass is 339 g/mol. The first-order valence-electron chi connectivity index (χ1n) is 6.59. The summed E-state index contributed by atoms with van der Waals surface area (Å²) in [6.07, 6.45) is 0. The van der Waals surface area contributed by atoms with Crippen LogP contribution in [0.3, 0.4) is 0 Å². The number of hydrogen-bond donors (Lipinski definition) is 1. The summed E-state index contributed by atoms with van der Waals surface area (Å²) in [5.74, 6) is 0.180. The molecule has 0 fully saturated rings. The van der Waals surface area contributed by atoms with Crippen LogP contribution in [0.25, 0.3) is 0 Å². The molecule has 1 N–H and O–H groups in total. The number of halogens is 2. The van der Waals surface area contributed by atoms with Crippen LogP contribution in [0.5, 0.6) is 5.75 Å². The summed E-state index contributed by atoms with van der Waals surface area (Å²) in [7, 11) is 1.59. The Hall–Kier alpha value is -1.75. The standard InChI is InChI=1S/C16H15Cl2NO3/c1-21-8-9-22-15-5-3-2-4-12(15)16(20)19-14-7-6-11(17)10-13(14)18/h2-7,10H,8-9H2,1H3,(H,19,20). The molecule has 0 bridgehead atoms. The molecule has 0 unspecified atom stereocenters. The van der Waals surface area contributed by atoms with E-state index < -0.39 is 0 Å². The van der Waals surface area contributed by atoms with E-state index in [1.807, 2.05) is 0 Å². The number of amides is 1. The first kappa shape index (κ1) is 16.6. The Morgan fingerprint density at radius 2 is 1.91 bits per heavy atom. The minimum Gasteiger partial charge on any atom is -0.490 e. The van der Waals surface area contributed by atoms with Gasteiger partial charge in [0, 0.05) is 12.1 Å². The number of para-hydroxylation sites is 1. The first-order chi connectivity index (χ1) is 10.6. The highest BCUT2D eigenvalue weighted by Gasteiger charge is 2.13. The number of methoxy groups -OCH3 is 1. The van der Waals surface area contributed by atoms with Gasteiger partial charge in [0.1, 0.15) is 12.4 Å². The lowest BCUT2D eigenvalue weighted by Crippen LogP contribution is -2.15. The van der Waals surface area contributed by atoms with Crippen molar-refractivity contribution in [1.29, 1.82) is 0 Å². The number of nitrogens with one attached hydrogen (secondary N) is 1. The van der Waals surface area contributed by atoms with E-state index in [-0.39, 0.29) is 5.91 Å². The van der Waals surface area contributed by atoms with Crippen molar-refractivity contribution in [2.45, 2.75) is 0 Å². The van der Waals surface area contributed by atoms with E-state index in [1.165, 1.54) is 0 Å². The van der Waals surface area contributed by atoms with Gasteiger partial charge in [-0.3, -0.25) is 4.79 Å². The molecule has 0 heterocycles. The Kier molecular flexibility index (Phi) is 6.07. The van der Waals surface area contributed by atoms with Gasteiger partial charge in [0.2, 0.25) is 0 Å². The molecule has 1 amide bonds. The summed E-state index contributed by atoms with van der Waals surface area (Å²) in [5.41, 5.74) is 0.910. The highest BCUT2D eigenvalue weighted by Crippen LogP contribution is 2.27. The van der Waals surface area contributed by atoms with E-state index in [1.54, 1.807) is 49.6 Å². The zero-order valence-corrected chi connectivity index (χ0v) is 13.4. The smallest absolute Gasteiger partial charge is 0.259 e. The maximum absolute atomic E-state index is 12.4. The number of rotatable bonds is 6. The van der Waals surface area contributed by atoms with Gasteiger partial charge in [0.15, 0.2) is 0 Å². The van der Waals surface area contributed by atoms with Crippen LogP contribution in [0, 0.1) is 0 Å². The van der Waals surface area contributed by atoms with Crippen LogP contribution in [-0.2, 0) is 4.74 Å². The van der Waals surface area contributed by atoms with Gasteiger partial charge in [0.05, 0.1) is 22.9 Å². The summed E-state index contributed by atoms with van der Waals surface area (Å²) in [6, 6.07) is 11.9. The van der Waals surface area contributed by atoms with Crippen LogP contribution in [0.15, 0.2) is 42.5 Å². The quantitative estimate of drug-likeness (QED) is 0.799. The highest BCUT2D eigenvalue weighted by atomic mass is 35.5. The second-order valence-corrected chi connectivity index (χ2v) is 5.26. The lowest BCUT2D eigenvalue weighted by molar-refractivity contribution is 0.101. The normalized spacial score (nSPS) is 10.3. The van der Waals surface area contributed by atoms with Gasteiger partial charge < -0.3 is 14.8 Å². The average Bonchev–Trinajstić information content (AvgIpc) is 2.51. The fraction of sp³-hybridized carbons (Fsp3) is 0.188. The SMILES string of the molecule is COCCOc1ccccc1C(=O)Nc1ccc(Cl)cc1Cl. The fourth-order valence-electron chi connectivity index (χ4n) is 1.80. The van der Waals surface area contributed by atoms with E-state index in [0.717, 1.165) is 0 Å². The van der Waals surface area contributed by atoms with Crippen molar-refractivity contribution in [2.24, 2.45) is 0 Å². The van der Waals surface area contributed by atoms with Crippen LogP contribution >= 0.6 is 23.2 Å². The maximum atomic E-state index is 12.4. The Balaban J connectivity index is 2.15. The van der Waals surface area contributed by atoms with Crippen molar-refractivity contribution in [2.75, 3.05) is 25.6 Å². The predicted octanol–water partition coefficient (Wildman–Crippen LogP) is 4.27. The number of carbonyl (C=O) groups excluding carboxylic acids is 1. The van der Waals surface area contributed by atoms with Crippen molar-refractivity contribution >= 4 is 34.8 Å². The molecule has 0 spiro atoms. The molecule has 6 heteroatoms. The molecular formula is C16H15Cl2NO3. The second kappa shape index (κ2) is 8.03. The van der Waals surface area contributed by atoms with E-state index in [9.17, 15) is 4.79 Å². The predicted molar refractivity (Wildman–Crippen MR) is 88.2 cm³/mol. The first-order valence-corrected chi connectivity index (χ1v) is 7.34. The lowest BCUT2D eigenvalue weighted by Gasteiger charge is -2.12. The molecule has 2 aromatic rings. The topological polar surface area (TPSA) is 47.6 Å². The van der Waals surface area contributed by atoms with Crippen LogP contribution in [0.1, 0.15) is 10.4 Å². The Morgan fingerprint density at radius 1 is 1.14 bits per heavy atom. The molecule has 2 aromatic carbocycles. The molecule has 116 valence electrons. The minimum atomic E-state index is -0.308. The molecule has 0 aliphatic carbocycles. The molecule has 0 saturated carbocycles. The van der Waals surface area contributed by atoms with Crippen LogP contribution in [-0.4, -0.2) is 26.2 Å². The molecule has 0 aliphatic rings. The van der Waals surface area contributed by atoms with E-state index in [0.29, 0.717) is 40.3 Å². The number of ether oxygens (including phenoxy) is 2. The zero-order valence-electron chi connectivity index (χ0n) is 11.9. The third kappa shape index (κ3) is 4.37. The Morgan fingerprint density at radius 3 is 2.64 bits per heavy atom. The van der Waals surface area contributed by atoms with E-state index >= 15 is 0 Å². The van der Waals surface area contributed by atoms with Crippen LogP contribution < -0.4 is 10.1 Å². The Bertz CT molecular complexity index is 662. The van der Waals surface area contributed by atoms with Gasteiger partial charge in [-0.15, -0.1) is 0 Å². The number of hydrogen-bond acceptors (Lipinski definition) is 3. The minimum absolute atomic E-state index is 0.308. The van der Waals surface area contributed by atoms with Crippen LogP contribution in [0.2, 0.25) is 10.0 Å². The highest BCUT2D eigenvalue weighted by molar-refractivity contribution is 6.36. The second-order valence-electron chi connectivity index (χ2n) is 4.42.